The topological polar surface area (TPSA) is 38.7 Å². The van der Waals surface area contributed by atoms with Gasteiger partial charge >= 0.3 is 0 Å². The largest absolute Gasteiger partial charge is 0.256 e. The third kappa shape index (κ3) is 3.97. The first-order chi connectivity index (χ1) is 17.8. The molecule has 3 heteroatoms. The molecule has 0 aliphatic rings. The Balaban J connectivity index is 1.41. The maximum absolute atomic E-state index is 4.95. The lowest BCUT2D eigenvalue weighted by atomic mass is 9.95. The molecule has 6 rings (SSSR count). The minimum Gasteiger partial charge on any atom is -0.256 e. The molecule has 4 aromatic carbocycles. The quantitative estimate of drug-likeness (QED) is 0.191. The van der Waals surface area contributed by atoms with E-state index in [0.717, 1.165) is 27.9 Å². The van der Waals surface area contributed by atoms with Crippen molar-refractivity contribution >= 4 is 44.0 Å². The van der Waals surface area contributed by atoms with Crippen molar-refractivity contribution in [2.75, 3.05) is 0 Å². The van der Waals surface area contributed by atoms with Crippen molar-refractivity contribution in [1.29, 1.82) is 0 Å². The van der Waals surface area contributed by atoms with Gasteiger partial charge in [0, 0.05) is 28.9 Å². The molecule has 0 unspecified atom stereocenters. The van der Waals surface area contributed by atoms with E-state index in [2.05, 4.69) is 83.3 Å². The third-order valence-corrected chi connectivity index (χ3v) is 6.41. The molecule has 3 nitrogen and oxygen atoms in total. The van der Waals surface area contributed by atoms with Crippen LogP contribution in [0.4, 0.5) is 0 Å². The van der Waals surface area contributed by atoms with Crippen LogP contribution in [0.5, 0.6) is 0 Å². The molecule has 0 N–H and O–H groups in total. The standard InChI is InChI=1S/C33H23N3/c1-2-23(12-9-17-31-27-14-6-3-10-24(27)18-20-34-31)33-35-21-19-32(36-33)30-22-25-11-4-5-13-26(25)28-15-7-8-16-29(28)30/h2-22H,1H2/b17-9+,23-12+. The number of benzene rings is 4. The van der Waals surface area contributed by atoms with Crippen molar-refractivity contribution in [3.63, 3.8) is 0 Å². The van der Waals surface area contributed by atoms with Crippen LogP contribution in [0.2, 0.25) is 0 Å². The molecule has 0 aliphatic carbocycles. The molecule has 0 bridgehead atoms. The van der Waals surface area contributed by atoms with Crippen molar-refractivity contribution in [3.8, 4) is 11.3 Å². The van der Waals surface area contributed by atoms with Crippen molar-refractivity contribution in [1.82, 2.24) is 15.0 Å². The lowest BCUT2D eigenvalue weighted by Gasteiger charge is -2.11. The Hall–Kier alpha value is -4.89. The maximum atomic E-state index is 4.95. The Morgan fingerprint density at radius 2 is 1.36 bits per heavy atom. The highest BCUT2D eigenvalue weighted by Crippen LogP contribution is 2.34. The van der Waals surface area contributed by atoms with Crippen LogP contribution in [-0.4, -0.2) is 15.0 Å². The number of fused-ring (bicyclic) bond motifs is 4. The number of rotatable bonds is 5. The Labute approximate surface area is 209 Å². The van der Waals surface area contributed by atoms with Crippen molar-refractivity contribution < 1.29 is 0 Å². The van der Waals surface area contributed by atoms with Gasteiger partial charge in [0.2, 0.25) is 0 Å². The van der Waals surface area contributed by atoms with Gasteiger partial charge < -0.3 is 0 Å². The van der Waals surface area contributed by atoms with Gasteiger partial charge in [-0.15, -0.1) is 0 Å². The van der Waals surface area contributed by atoms with Crippen molar-refractivity contribution in [3.05, 3.63) is 140 Å². The maximum Gasteiger partial charge on any atom is 0.159 e. The number of hydrogen-bond donors (Lipinski definition) is 0. The summed E-state index contributed by atoms with van der Waals surface area (Å²) >= 11 is 0. The van der Waals surface area contributed by atoms with Gasteiger partial charge in [-0.25, -0.2) is 9.97 Å². The normalized spacial score (nSPS) is 12.1. The van der Waals surface area contributed by atoms with Crippen molar-refractivity contribution in [2.45, 2.75) is 0 Å². The molecule has 0 spiro atoms. The molecular weight excluding hydrogens is 438 g/mol. The molecule has 0 fully saturated rings. The number of nitrogens with zero attached hydrogens (tertiary/aromatic N) is 3. The summed E-state index contributed by atoms with van der Waals surface area (Å²) in [4.78, 5) is 14.0. The SMILES string of the molecule is C=C/C(=C\C=C\c1nccc2ccccc12)c1nccc(-c2cc3ccccc3c3ccccc23)n1. The summed E-state index contributed by atoms with van der Waals surface area (Å²) in [5.41, 5.74) is 3.74. The van der Waals surface area contributed by atoms with Crippen LogP contribution in [0, 0.1) is 0 Å². The lowest BCUT2D eigenvalue weighted by Crippen LogP contribution is -1.95. The average molecular weight is 462 g/mol. The number of aromatic nitrogens is 3. The number of pyridine rings is 1. The average Bonchev–Trinajstić information content (AvgIpc) is 2.95. The summed E-state index contributed by atoms with van der Waals surface area (Å²) in [5.74, 6) is 0.635. The van der Waals surface area contributed by atoms with E-state index in [4.69, 9.17) is 4.98 Å². The zero-order chi connectivity index (χ0) is 24.3. The van der Waals surface area contributed by atoms with Gasteiger partial charge in [0.25, 0.3) is 0 Å². The first-order valence-electron chi connectivity index (χ1n) is 11.9. The first-order valence-corrected chi connectivity index (χ1v) is 11.9. The Morgan fingerprint density at radius 3 is 2.19 bits per heavy atom. The molecule has 36 heavy (non-hydrogen) atoms. The van der Waals surface area contributed by atoms with Gasteiger partial charge in [0.05, 0.1) is 11.4 Å². The molecule has 170 valence electrons. The van der Waals surface area contributed by atoms with Gasteiger partial charge in [0.1, 0.15) is 0 Å². The van der Waals surface area contributed by atoms with Gasteiger partial charge in [-0.2, -0.15) is 0 Å². The van der Waals surface area contributed by atoms with E-state index in [9.17, 15) is 0 Å². The monoisotopic (exact) mass is 461 g/mol. The first kappa shape index (κ1) is 21.6. The zero-order valence-corrected chi connectivity index (χ0v) is 19.7. The summed E-state index contributed by atoms with van der Waals surface area (Å²) in [6.07, 6.45) is 11.4. The van der Waals surface area contributed by atoms with Gasteiger partial charge in [-0.1, -0.05) is 97.6 Å². The molecule has 2 aromatic heterocycles. The predicted octanol–water partition coefficient (Wildman–Crippen LogP) is 8.28. The highest BCUT2D eigenvalue weighted by molar-refractivity contribution is 6.13. The number of allylic oxidation sites excluding steroid dienone is 4. The minimum absolute atomic E-state index is 0.635. The van der Waals surface area contributed by atoms with Gasteiger partial charge in [-0.05, 0) is 51.2 Å². The number of hydrogen-bond acceptors (Lipinski definition) is 3. The fourth-order valence-electron chi connectivity index (χ4n) is 4.67. The summed E-state index contributed by atoms with van der Waals surface area (Å²) in [6.45, 7) is 4.01. The summed E-state index contributed by atoms with van der Waals surface area (Å²) < 4.78 is 0. The smallest absolute Gasteiger partial charge is 0.159 e. The highest BCUT2D eigenvalue weighted by Gasteiger charge is 2.11. The predicted molar refractivity (Wildman–Crippen MR) is 151 cm³/mol. The van der Waals surface area contributed by atoms with E-state index in [0.29, 0.717) is 5.82 Å². The molecule has 0 atom stereocenters. The lowest BCUT2D eigenvalue weighted by molar-refractivity contribution is 1.13. The second-order valence-corrected chi connectivity index (χ2v) is 8.56. The van der Waals surface area contributed by atoms with Crippen LogP contribution >= 0.6 is 0 Å². The van der Waals surface area contributed by atoms with Crippen LogP contribution < -0.4 is 0 Å². The Morgan fingerprint density at radius 1 is 0.667 bits per heavy atom. The Kier molecular flexibility index (Phi) is 5.65. The van der Waals surface area contributed by atoms with Crippen LogP contribution in [0.1, 0.15) is 11.5 Å². The molecule has 0 aliphatic heterocycles. The molecule has 2 heterocycles. The summed E-state index contributed by atoms with van der Waals surface area (Å²) in [6, 6.07) is 31.4. The van der Waals surface area contributed by atoms with Gasteiger partial charge in [0.15, 0.2) is 5.82 Å². The van der Waals surface area contributed by atoms with Crippen LogP contribution in [0.3, 0.4) is 0 Å². The molecule has 0 radical (unpaired) electrons. The molecule has 6 aromatic rings. The van der Waals surface area contributed by atoms with E-state index in [1.807, 2.05) is 54.9 Å². The fraction of sp³-hybridized carbons (Fsp3) is 0. The van der Waals surface area contributed by atoms with E-state index in [1.165, 1.54) is 26.9 Å². The molecular formula is C33H23N3. The third-order valence-electron chi connectivity index (χ3n) is 6.41. The van der Waals surface area contributed by atoms with E-state index in [1.54, 1.807) is 6.08 Å². The Bertz CT molecular complexity index is 1810. The van der Waals surface area contributed by atoms with Crippen LogP contribution in [-0.2, 0) is 0 Å². The minimum atomic E-state index is 0.635. The molecule has 0 saturated heterocycles. The highest BCUT2D eigenvalue weighted by atomic mass is 14.9. The van der Waals surface area contributed by atoms with Crippen LogP contribution in [0.15, 0.2) is 128 Å². The molecule has 0 amide bonds. The zero-order valence-electron chi connectivity index (χ0n) is 19.7. The van der Waals surface area contributed by atoms with E-state index < -0.39 is 0 Å². The summed E-state index contributed by atoms with van der Waals surface area (Å²) in [5, 5.41) is 7.11. The van der Waals surface area contributed by atoms with Crippen molar-refractivity contribution in [2.24, 2.45) is 0 Å². The molecule has 0 saturated carbocycles. The fourth-order valence-corrected chi connectivity index (χ4v) is 4.67. The van der Waals surface area contributed by atoms with E-state index in [-0.39, 0.29) is 0 Å². The second-order valence-electron chi connectivity index (χ2n) is 8.56. The van der Waals surface area contributed by atoms with Gasteiger partial charge in [-0.3, -0.25) is 4.98 Å². The van der Waals surface area contributed by atoms with E-state index >= 15 is 0 Å². The second kappa shape index (κ2) is 9.40. The van der Waals surface area contributed by atoms with Crippen LogP contribution in [0.25, 0.3) is 55.2 Å². The summed E-state index contributed by atoms with van der Waals surface area (Å²) in [7, 11) is 0.